The van der Waals surface area contributed by atoms with E-state index in [-0.39, 0.29) is 5.56 Å². The zero-order valence-corrected chi connectivity index (χ0v) is 9.05. The molecule has 0 aliphatic rings. The Bertz CT molecular complexity index is 431. The van der Waals surface area contributed by atoms with Gasteiger partial charge >= 0.3 is 6.18 Å². The first-order valence-corrected chi connectivity index (χ1v) is 4.96. The molecule has 0 heterocycles. The molecule has 3 N–H and O–H groups in total. The van der Waals surface area contributed by atoms with Gasteiger partial charge in [0, 0.05) is 5.56 Å². The van der Waals surface area contributed by atoms with Crippen LogP contribution in [0.2, 0.25) is 0 Å². The fourth-order valence-electron chi connectivity index (χ4n) is 1.35. The smallest absolute Gasteiger partial charge is 0.394 e. The SMILES string of the molecule is O=C(c1cccc(C(O)C(O)CO)c1)C(F)(F)F. The topological polar surface area (TPSA) is 77.8 Å². The number of carbonyl (C=O) groups excluding carboxylic acids is 1. The van der Waals surface area contributed by atoms with Gasteiger partial charge in [-0.05, 0) is 11.6 Å². The molecule has 0 radical (unpaired) electrons. The van der Waals surface area contributed by atoms with Gasteiger partial charge in [-0.2, -0.15) is 13.2 Å². The molecular formula is C11H11F3O4. The summed E-state index contributed by atoms with van der Waals surface area (Å²) in [5.74, 6) is -2.03. The highest BCUT2D eigenvalue weighted by Crippen LogP contribution is 2.24. The molecule has 0 aliphatic heterocycles. The molecule has 0 amide bonds. The van der Waals surface area contributed by atoms with E-state index in [1.807, 2.05) is 0 Å². The summed E-state index contributed by atoms with van der Waals surface area (Å²) >= 11 is 0. The van der Waals surface area contributed by atoms with E-state index < -0.39 is 36.3 Å². The predicted octanol–water partition coefficient (Wildman–Crippen LogP) is 0.818. The van der Waals surface area contributed by atoms with E-state index in [0.717, 1.165) is 18.2 Å². The summed E-state index contributed by atoms with van der Waals surface area (Å²) in [5, 5.41) is 27.3. The molecule has 7 heteroatoms. The maximum absolute atomic E-state index is 12.2. The van der Waals surface area contributed by atoms with Crippen molar-refractivity contribution in [3.63, 3.8) is 0 Å². The third-order valence-electron chi connectivity index (χ3n) is 2.30. The second-order valence-electron chi connectivity index (χ2n) is 3.65. The molecule has 2 unspecified atom stereocenters. The lowest BCUT2D eigenvalue weighted by molar-refractivity contribution is -0.0885. The van der Waals surface area contributed by atoms with Gasteiger partial charge in [0.05, 0.1) is 6.61 Å². The van der Waals surface area contributed by atoms with Crippen molar-refractivity contribution in [2.24, 2.45) is 0 Å². The van der Waals surface area contributed by atoms with E-state index in [1.54, 1.807) is 0 Å². The van der Waals surface area contributed by atoms with Crippen molar-refractivity contribution in [2.75, 3.05) is 6.61 Å². The number of benzene rings is 1. The first-order chi connectivity index (χ1) is 8.27. The Morgan fingerprint density at radius 3 is 2.39 bits per heavy atom. The number of alkyl halides is 3. The summed E-state index contributed by atoms with van der Waals surface area (Å²) < 4.78 is 36.6. The summed E-state index contributed by atoms with van der Waals surface area (Å²) in [4.78, 5) is 11.0. The summed E-state index contributed by atoms with van der Waals surface area (Å²) in [6, 6.07) is 4.19. The monoisotopic (exact) mass is 264 g/mol. The van der Waals surface area contributed by atoms with E-state index in [1.165, 1.54) is 6.07 Å². The molecule has 0 saturated carbocycles. The van der Waals surface area contributed by atoms with Crippen LogP contribution >= 0.6 is 0 Å². The molecule has 0 saturated heterocycles. The summed E-state index contributed by atoms with van der Waals surface area (Å²) in [7, 11) is 0. The Kier molecular flexibility index (Phi) is 4.44. The quantitative estimate of drug-likeness (QED) is 0.703. The van der Waals surface area contributed by atoms with Gasteiger partial charge in [0.1, 0.15) is 12.2 Å². The Morgan fingerprint density at radius 2 is 1.89 bits per heavy atom. The number of aliphatic hydroxyl groups excluding tert-OH is 3. The van der Waals surface area contributed by atoms with Crippen LogP contribution in [0.15, 0.2) is 24.3 Å². The van der Waals surface area contributed by atoms with E-state index in [4.69, 9.17) is 10.2 Å². The molecule has 0 fully saturated rings. The van der Waals surface area contributed by atoms with Crippen LogP contribution in [-0.4, -0.2) is 40.0 Å². The van der Waals surface area contributed by atoms with Crippen LogP contribution in [0.25, 0.3) is 0 Å². The molecule has 0 bridgehead atoms. The van der Waals surface area contributed by atoms with Crippen molar-refractivity contribution < 1.29 is 33.3 Å². The van der Waals surface area contributed by atoms with Gasteiger partial charge < -0.3 is 15.3 Å². The van der Waals surface area contributed by atoms with Crippen LogP contribution in [0.5, 0.6) is 0 Å². The first-order valence-electron chi connectivity index (χ1n) is 4.96. The zero-order chi connectivity index (χ0) is 13.9. The van der Waals surface area contributed by atoms with Crippen molar-refractivity contribution in [1.29, 1.82) is 0 Å². The van der Waals surface area contributed by atoms with Gasteiger partial charge in [-0.1, -0.05) is 18.2 Å². The number of rotatable bonds is 4. The van der Waals surface area contributed by atoms with Gasteiger partial charge in [0.2, 0.25) is 0 Å². The number of Topliss-reactive ketones (excluding diaryl/α,β-unsaturated/α-hetero) is 1. The lowest BCUT2D eigenvalue weighted by atomic mass is 10.0. The number of hydrogen-bond donors (Lipinski definition) is 3. The van der Waals surface area contributed by atoms with Crippen molar-refractivity contribution in [3.8, 4) is 0 Å². The van der Waals surface area contributed by atoms with E-state index in [2.05, 4.69) is 0 Å². The number of hydrogen-bond acceptors (Lipinski definition) is 4. The molecule has 0 aliphatic carbocycles. The lowest BCUT2D eigenvalue weighted by Crippen LogP contribution is -2.24. The van der Waals surface area contributed by atoms with Crippen molar-refractivity contribution in [2.45, 2.75) is 18.4 Å². The van der Waals surface area contributed by atoms with Gasteiger partial charge in [-0.15, -0.1) is 0 Å². The van der Waals surface area contributed by atoms with E-state index >= 15 is 0 Å². The van der Waals surface area contributed by atoms with Crippen LogP contribution in [0, 0.1) is 0 Å². The molecule has 18 heavy (non-hydrogen) atoms. The number of carbonyl (C=O) groups is 1. The second kappa shape index (κ2) is 5.47. The summed E-state index contributed by atoms with van der Waals surface area (Å²) in [5.41, 5.74) is -0.712. The highest BCUT2D eigenvalue weighted by atomic mass is 19.4. The first kappa shape index (κ1) is 14.6. The summed E-state index contributed by atoms with van der Waals surface area (Å²) in [6.45, 7) is -0.751. The molecular weight excluding hydrogens is 253 g/mol. The van der Waals surface area contributed by atoms with Crippen molar-refractivity contribution in [1.82, 2.24) is 0 Å². The average Bonchev–Trinajstić information content (AvgIpc) is 2.35. The van der Waals surface area contributed by atoms with Crippen LogP contribution in [-0.2, 0) is 0 Å². The van der Waals surface area contributed by atoms with E-state index in [0.29, 0.717) is 0 Å². The Balaban J connectivity index is 3.03. The molecule has 2 atom stereocenters. The van der Waals surface area contributed by atoms with Crippen LogP contribution in [0.4, 0.5) is 13.2 Å². The zero-order valence-electron chi connectivity index (χ0n) is 9.05. The molecule has 0 spiro atoms. The molecule has 100 valence electrons. The summed E-state index contributed by atoms with van der Waals surface area (Å²) in [6.07, 6.45) is -8.09. The van der Waals surface area contributed by atoms with Crippen LogP contribution < -0.4 is 0 Å². The van der Waals surface area contributed by atoms with Gasteiger partial charge in [-0.3, -0.25) is 4.79 Å². The maximum Gasteiger partial charge on any atom is 0.454 e. The van der Waals surface area contributed by atoms with Crippen molar-refractivity contribution >= 4 is 5.78 Å². The lowest BCUT2D eigenvalue weighted by Gasteiger charge is -2.16. The third kappa shape index (κ3) is 3.28. The molecule has 0 aromatic heterocycles. The Labute approximate surface area is 100 Å². The van der Waals surface area contributed by atoms with Crippen LogP contribution in [0.3, 0.4) is 0 Å². The van der Waals surface area contributed by atoms with Gasteiger partial charge in [0.25, 0.3) is 5.78 Å². The average molecular weight is 264 g/mol. The Hall–Kier alpha value is -1.44. The number of aliphatic hydroxyl groups is 3. The second-order valence-corrected chi connectivity index (χ2v) is 3.65. The Morgan fingerprint density at radius 1 is 1.28 bits per heavy atom. The minimum absolute atomic E-state index is 0.0772. The minimum atomic E-state index is -5.00. The van der Waals surface area contributed by atoms with Gasteiger partial charge in [-0.25, -0.2) is 0 Å². The largest absolute Gasteiger partial charge is 0.454 e. The minimum Gasteiger partial charge on any atom is -0.394 e. The number of ketones is 1. The fourth-order valence-corrected chi connectivity index (χ4v) is 1.35. The van der Waals surface area contributed by atoms with E-state index in [9.17, 15) is 23.1 Å². The molecule has 1 aromatic rings. The molecule has 4 nitrogen and oxygen atoms in total. The highest BCUT2D eigenvalue weighted by Gasteiger charge is 2.39. The predicted molar refractivity (Wildman–Crippen MR) is 54.9 cm³/mol. The maximum atomic E-state index is 12.2. The standard InChI is InChI=1S/C11H11F3O4/c12-11(13,14)10(18)7-3-1-2-6(4-7)9(17)8(16)5-15/h1-4,8-9,15-17H,5H2. The normalized spacial score (nSPS) is 15.2. The fraction of sp³-hybridized carbons (Fsp3) is 0.364. The third-order valence-corrected chi connectivity index (χ3v) is 2.30. The van der Waals surface area contributed by atoms with Gasteiger partial charge in [0.15, 0.2) is 0 Å². The molecule has 1 aromatic carbocycles. The van der Waals surface area contributed by atoms with Crippen molar-refractivity contribution in [3.05, 3.63) is 35.4 Å². The highest BCUT2D eigenvalue weighted by molar-refractivity contribution is 6.00. The number of halogens is 3. The van der Waals surface area contributed by atoms with Crippen LogP contribution in [0.1, 0.15) is 22.0 Å². The molecule has 1 rings (SSSR count).